The summed E-state index contributed by atoms with van der Waals surface area (Å²) in [6.45, 7) is 4.65. The third-order valence-corrected chi connectivity index (χ3v) is 3.33. The van der Waals surface area contributed by atoms with Gasteiger partial charge in [-0.3, -0.25) is 4.79 Å². The van der Waals surface area contributed by atoms with Gasteiger partial charge >= 0.3 is 12.1 Å². The number of likely N-dealkylation sites (tertiary alicyclic amines) is 1. The number of amides is 1. The lowest BCUT2D eigenvalue weighted by Gasteiger charge is -2.31. The second-order valence-corrected chi connectivity index (χ2v) is 5.20. The van der Waals surface area contributed by atoms with Crippen LogP contribution in [-0.4, -0.2) is 34.1 Å². The summed E-state index contributed by atoms with van der Waals surface area (Å²) in [5.74, 6) is -1.53. The van der Waals surface area contributed by atoms with Crippen LogP contribution in [-0.2, 0) is 11.0 Å². The smallest absolute Gasteiger partial charge is 0.417 e. The molecule has 0 unspecified atom stereocenters. The Kier molecular flexibility index (Phi) is 4.01. The van der Waals surface area contributed by atoms with Gasteiger partial charge in [0.05, 0.1) is 0 Å². The molecule has 1 aromatic rings. The molecule has 1 saturated heterocycles. The van der Waals surface area contributed by atoms with Crippen LogP contribution in [0.2, 0.25) is 0 Å². The number of piperidine rings is 1. The van der Waals surface area contributed by atoms with Gasteiger partial charge in [-0.05, 0) is 12.8 Å². The highest BCUT2D eigenvalue weighted by molar-refractivity contribution is 5.78. The minimum atomic E-state index is -4.61. The first-order valence-electron chi connectivity index (χ1n) is 6.48. The number of hydrogen-bond acceptors (Lipinski definition) is 4. The van der Waals surface area contributed by atoms with Crippen molar-refractivity contribution in [3.8, 4) is 0 Å². The van der Waals surface area contributed by atoms with Crippen LogP contribution in [0.3, 0.4) is 0 Å². The molecule has 0 aliphatic carbocycles. The Morgan fingerprint density at radius 1 is 1.30 bits per heavy atom. The van der Waals surface area contributed by atoms with Crippen molar-refractivity contribution in [3.05, 3.63) is 11.8 Å². The summed E-state index contributed by atoms with van der Waals surface area (Å²) in [6, 6.07) is 0. The van der Waals surface area contributed by atoms with Crippen LogP contribution >= 0.6 is 0 Å². The highest BCUT2D eigenvalue weighted by atomic mass is 19.4. The van der Waals surface area contributed by atoms with Crippen LogP contribution in [0.4, 0.5) is 13.2 Å². The highest BCUT2D eigenvalue weighted by Crippen LogP contribution is 2.32. The van der Waals surface area contributed by atoms with E-state index in [1.54, 1.807) is 4.90 Å². The van der Waals surface area contributed by atoms with Gasteiger partial charge in [-0.2, -0.15) is 13.2 Å². The zero-order valence-electron chi connectivity index (χ0n) is 11.3. The van der Waals surface area contributed by atoms with Crippen molar-refractivity contribution in [1.29, 1.82) is 0 Å². The van der Waals surface area contributed by atoms with Gasteiger partial charge in [-0.15, -0.1) is 10.2 Å². The topological polar surface area (TPSA) is 59.2 Å². The lowest BCUT2D eigenvalue weighted by molar-refractivity contribution is -0.157. The zero-order chi connectivity index (χ0) is 14.9. The number of alkyl halides is 3. The molecule has 1 amide bonds. The lowest BCUT2D eigenvalue weighted by Crippen LogP contribution is -2.40. The Labute approximate surface area is 114 Å². The summed E-state index contributed by atoms with van der Waals surface area (Å²) >= 11 is 0. The summed E-state index contributed by atoms with van der Waals surface area (Å²) in [5.41, 5.74) is 0. The van der Waals surface area contributed by atoms with E-state index < -0.39 is 12.1 Å². The largest absolute Gasteiger partial charge is 0.470 e. The molecule has 5 nitrogen and oxygen atoms in total. The fourth-order valence-electron chi connectivity index (χ4n) is 2.23. The van der Waals surface area contributed by atoms with Crippen LogP contribution in [0, 0.1) is 5.92 Å². The van der Waals surface area contributed by atoms with Crippen molar-refractivity contribution in [1.82, 2.24) is 15.1 Å². The normalized spacial score (nSPS) is 17.8. The average Bonchev–Trinajstić information content (AvgIpc) is 2.87. The van der Waals surface area contributed by atoms with Crippen LogP contribution in [0.5, 0.6) is 0 Å². The predicted molar refractivity (Wildman–Crippen MR) is 62.7 cm³/mol. The Morgan fingerprint density at radius 2 is 1.90 bits per heavy atom. The zero-order valence-corrected chi connectivity index (χ0v) is 11.3. The van der Waals surface area contributed by atoms with Gasteiger partial charge in [0, 0.05) is 24.9 Å². The summed E-state index contributed by atoms with van der Waals surface area (Å²) in [6.07, 6.45) is -3.53. The van der Waals surface area contributed by atoms with E-state index in [0.717, 1.165) is 0 Å². The number of nitrogens with zero attached hydrogens (tertiary/aromatic N) is 3. The molecular weight excluding hydrogens is 275 g/mol. The van der Waals surface area contributed by atoms with Gasteiger partial charge in [0.1, 0.15) is 0 Å². The minimum Gasteiger partial charge on any atom is -0.417 e. The Balaban J connectivity index is 1.97. The van der Waals surface area contributed by atoms with E-state index in [1.807, 2.05) is 13.8 Å². The van der Waals surface area contributed by atoms with Crippen LogP contribution in [0.1, 0.15) is 44.4 Å². The number of aromatic nitrogens is 2. The van der Waals surface area contributed by atoms with Crippen molar-refractivity contribution in [2.75, 3.05) is 13.1 Å². The molecule has 1 fully saturated rings. The monoisotopic (exact) mass is 291 g/mol. The first-order valence-corrected chi connectivity index (χ1v) is 6.48. The standard InChI is InChI=1S/C12H16F3N3O2/c1-7(2)10(19)18-5-3-8(4-6-18)9-16-17-11(20-9)12(13,14)15/h7-8H,3-6H2,1-2H3. The van der Waals surface area contributed by atoms with Crippen molar-refractivity contribution in [2.24, 2.45) is 5.92 Å². The Morgan fingerprint density at radius 3 is 2.35 bits per heavy atom. The maximum atomic E-state index is 12.4. The first kappa shape index (κ1) is 14.8. The quantitative estimate of drug-likeness (QED) is 0.839. The Hall–Kier alpha value is -1.60. The number of carbonyl (C=O) groups excluding carboxylic acids is 1. The molecule has 0 atom stereocenters. The molecule has 2 heterocycles. The van der Waals surface area contributed by atoms with E-state index >= 15 is 0 Å². The van der Waals surface area contributed by atoms with Crippen molar-refractivity contribution in [2.45, 2.75) is 38.8 Å². The third kappa shape index (κ3) is 3.10. The summed E-state index contributed by atoms with van der Waals surface area (Å²) < 4.78 is 41.8. The average molecular weight is 291 g/mol. The summed E-state index contributed by atoms with van der Waals surface area (Å²) in [5, 5.41) is 6.49. The van der Waals surface area contributed by atoms with E-state index in [1.165, 1.54) is 0 Å². The fourth-order valence-corrected chi connectivity index (χ4v) is 2.23. The van der Waals surface area contributed by atoms with Crippen molar-refractivity contribution in [3.63, 3.8) is 0 Å². The van der Waals surface area contributed by atoms with Gasteiger partial charge in [-0.1, -0.05) is 13.8 Å². The van der Waals surface area contributed by atoms with Crippen LogP contribution in [0.15, 0.2) is 4.42 Å². The van der Waals surface area contributed by atoms with Crippen molar-refractivity contribution >= 4 is 5.91 Å². The van der Waals surface area contributed by atoms with Gasteiger partial charge in [0.25, 0.3) is 0 Å². The number of hydrogen-bond donors (Lipinski definition) is 0. The predicted octanol–water partition coefficient (Wildman–Crippen LogP) is 2.45. The molecule has 1 aliphatic heterocycles. The number of halogens is 3. The lowest BCUT2D eigenvalue weighted by atomic mass is 9.96. The molecule has 8 heteroatoms. The highest BCUT2D eigenvalue weighted by Gasteiger charge is 2.39. The van der Waals surface area contributed by atoms with E-state index in [9.17, 15) is 18.0 Å². The maximum absolute atomic E-state index is 12.4. The van der Waals surface area contributed by atoms with Crippen LogP contribution in [0.25, 0.3) is 0 Å². The van der Waals surface area contributed by atoms with Gasteiger partial charge in [0.15, 0.2) is 0 Å². The van der Waals surface area contributed by atoms with Crippen LogP contribution < -0.4 is 0 Å². The van der Waals surface area contributed by atoms with Gasteiger partial charge in [0.2, 0.25) is 11.8 Å². The van der Waals surface area contributed by atoms with E-state index in [0.29, 0.717) is 25.9 Å². The van der Waals surface area contributed by atoms with E-state index in [4.69, 9.17) is 0 Å². The molecule has 0 radical (unpaired) electrons. The second-order valence-electron chi connectivity index (χ2n) is 5.20. The van der Waals surface area contributed by atoms with E-state index in [-0.39, 0.29) is 23.6 Å². The SMILES string of the molecule is CC(C)C(=O)N1CCC(c2nnc(C(F)(F)F)o2)CC1. The molecule has 20 heavy (non-hydrogen) atoms. The molecule has 0 bridgehead atoms. The molecule has 0 saturated carbocycles. The third-order valence-electron chi connectivity index (χ3n) is 3.33. The van der Waals surface area contributed by atoms with E-state index in [2.05, 4.69) is 14.6 Å². The molecule has 0 N–H and O–H groups in total. The molecule has 112 valence electrons. The van der Waals surface area contributed by atoms with Gasteiger partial charge < -0.3 is 9.32 Å². The number of rotatable bonds is 2. The molecule has 1 aliphatic rings. The molecule has 0 spiro atoms. The summed E-state index contributed by atoms with van der Waals surface area (Å²) in [4.78, 5) is 13.5. The number of carbonyl (C=O) groups is 1. The van der Waals surface area contributed by atoms with Crippen molar-refractivity contribution < 1.29 is 22.4 Å². The molecule has 0 aromatic carbocycles. The minimum absolute atomic E-state index is 0.00831. The summed E-state index contributed by atoms with van der Waals surface area (Å²) in [7, 11) is 0. The maximum Gasteiger partial charge on any atom is 0.470 e. The first-order chi connectivity index (χ1) is 9.29. The molecule has 1 aromatic heterocycles. The molecule has 2 rings (SSSR count). The fraction of sp³-hybridized carbons (Fsp3) is 0.750. The van der Waals surface area contributed by atoms with Gasteiger partial charge in [-0.25, -0.2) is 0 Å². The molecular formula is C12H16F3N3O2. The second kappa shape index (κ2) is 5.41. The Bertz CT molecular complexity index is 477.